The normalized spacial score (nSPS) is 18.2. The number of hydrogen-bond donors (Lipinski definition) is 1. The van der Waals surface area contributed by atoms with E-state index in [0.29, 0.717) is 35.9 Å². The van der Waals surface area contributed by atoms with Crippen LogP contribution in [-0.4, -0.2) is 43.2 Å². The number of benzene rings is 2. The number of carbonyl (C=O) groups excluding carboxylic acids is 1. The summed E-state index contributed by atoms with van der Waals surface area (Å²) in [6.07, 6.45) is 5.58. The van der Waals surface area contributed by atoms with E-state index in [4.69, 9.17) is 21.1 Å². The number of amides is 1. The molecule has 0 saturated carbocycles. The summed E-state index contributed by atoms with van der Waals surface area (Å²) in [5.41, 5.74) is 0.592. The van der Waals surface area contributed by atoms with Gasteiger partial charge in [-0.2, -0.15) is 0 Å². The molecule has 6 heteroatoms. The summed E-state index contributed by atoms with van der Waals surface area (Å²) in [6.45, 7) is 3.96. The van der Waals surface area contributed by atoms with E-state index in [-0.39, 0.29) is 5.92 Å². The summed E-state index contributed by atoms with van der Waals surface area (Å²) in [5, 5.41) is 12.7. The van der Waals surface area contributed by atoms with Crippen LogP contribution >= 0.6 is 11.6 Å². The molecule has 1 fully saturated rings. The van der Waals surface area contributed by atoms with Crippen molar-refractivity contribution in [2.24, 2.45) is 5.92 Å². The van der Waals surface area contributed by atoms with Crippen LogP contribution in [0.25, 0.3) is 0 Å². The van der Waals surface area contributed by atoms with E-state index >= 15 is 0 Å². The maximum absolute atomic E-state index is 12.2. The van der Waals surface area contributed by atoms with Gasteiger partial charge in [0.2, 0.25) is 6.41 Å². The van der Waals surface area contributed by atoms with E-state index in [1.165, 1.54) is 0 Å². The van der Waals surface area contributed by atoms with Gasteiger partial charge in [-0.15, -0.1) is 0 Å². The number of aryl methyl sites for hydroxylation is 1. The summed E-state index contributed by atoms with van der Waals surface area (Å²) in [4.78, 5) is 13.2. The molecule has 1 unspecified atom stereocenters. The molecule has 1 heterocycles. The van der Waals surface area contributed by atoms with Crippen molar-refractivity contribution in [1.82, 2.24) is 4.90 Å². The van der Waals surface area contributed by atoms with Crippen LogP contribution in [0, 0.1) is 5.92 Å². The smallest absolute Gasteiger partial charge is 0.209 e. The Morgan fingerprint density at radius 3 is 2.78 bits per heavy atom. The molecule has 0 spiro atoms. The van der Waals surface area contributed by atoms with Crippen molar-refractivity contribution < 1.29 is 19.4 Å². The average molecular weight is 460 g/mol. The molecule has 2 atom stereocenters. The lowest BCUT2D eigenvalue weighted by molar-refractivity contribution is -0.123. The molecule has 0 radical (unpaired) electrons. The zero-order chi connectivity index (χ0) is 23.0. The van der Waals surface area contributed by atoms with Gasteiger partial charge in [0, 0.05) is 38.3 Å². The predicted molar refractivity (Wildman–Crippen MR) is 127 cm³/mol. The summed E-state index contributed by atoms with van der Waals surface area (Å²) >= 11 is 6.64. The van der Waals surface area contributed by atoms with Gasteiger partial charge in [0.05, 0.1) is 10.6 Å². The second-order valence-corrected chi connectivity index (χ2v) is 8.90. The van der Waals surface area contributed by atoms with E-state index in [0.717, 1.165) is 56.4 Å². The number of aliphatic hydroxyl groups is 1. The van der Waals surface area contributed by atoms with Crippen LogP contribution in [0.1, 0.15) is 50.2 Å². The Hall–Kier alpha value is -2.08. The van der Waals surface area contributed by atoms with Crippen LogP contribution in [-0.2, 0) is 21.6 Å². The minimum Gasteiger partial charge on any atom is -0.455 e. The average Bonchev–Trinajstić information content (AvgIpc) is 2.83. The van der Waals surface area contributed by atoms with E-state index in [1.807, 2.05) is 36.4 Å². The van der Waals surface area contributed by atoms with Crippen LogP contribution in [0.3, 0.4) is 0 Å². The topological polar surface area (TPSA) is 59.0 Å². The lowest BCUT2D eigenvalue weighted by Gasteiger charge is -2.42. The van der Waals surface area contributed by atoms with Crippen LogP contribution in [0.15, 0.2) is 42.5 Å². The van der Waals surface area contributed by atoms with Crippen molar-refractivity contribution >= 4 is 18.0 Å². The second-order valence-electron chi connectivity index (χ2n) is 8.49. The lowest BCUT2D eigenvalue weighted by atomic mass is 9.73. The van der Waals surface area contributed by atoms with Gasteiger partial charge in [0.1, 0.15) is 5.75 Å². The number of halogens is 1. The third-order valence-corrected chi connectivity index (χ3v) is 6.73. The van der Waals surface area contributed by atoms with Crippen molar-refractivity contribution in [2.45, 2.75) is 51.0 Å². The molecule has 32 heavy (non-hydrogen) atoms. The fraction of sp³-hybridized carbons (Fsp3) is 0.500. The fourth-order valence-corrected chi connectivity index (χ4v) is 4.86. The number of rotatable bonds is 11. The number of ether oxygens (including phenoxy) is 2. The van der Waals surface area contributed by atoms with Crippen LogP contribution in [0.2, 0.25) is 5.02 Å². The van der Waals surface area contributed by atoms with E-state index in [9.17, 15) is 9.90 Å². The van der Waals surface area contributed by atoms with Gasteiger partial charge in [-0.05, 0) is 56.2 Å². The molecule has 1 aliphatic heterocycles. The van der Waals surface area contributed by atoms with E-state index in [1.54, 1.807) is 18.1 Å². The van der Waals surface area contributed by atoms with Crippen molar-refractivity contribution in [3.05, 3.63) is 58.6 Å². The van der Waals surface area contributed by atoms with E-state index < -0.39 is 5.60 Å². The largest absolute Gasteiger partial charge is 0.455 e. The Kier molecular flexibility index (Phi) is 8.97. The van der Waals surface area contributed by atoms with Crippen LogP contribution in [0.4, 0.5) is 0 Å². The summed E-state index contributed by atoms with van der Waals surface area (Å²) in [7, 11) is 1.68. The minimum atomic E-state index is -1.17. The Morgan fingerprint density at radius 1 is 1.22 bits per heavy atom. The van der Waals surface area contributed by atoms with Gasteiger partial charge in [-0.25, -0.2) is 0 Å². The number of likely N-dealkylation sites (tertiary alicyclic amines) is 1. The lowest BCUT2D eigenvalue weighted by Crippen LogP contribution is -2.46. The Morgan fingerprint density at radius 2 is 2.03 bits per heavy atom. The molecule has 0 aromatic heterocycles. The van der Waals surface area contributed by atoms with Crippen molar-refractivity contribution in [2.75, 3.05) is 26.8 Å². The number of nitrogens with zero attached hydrogens (tertiary/aromatic N) is 1. The first-order chi connectivity index (χ1) is 15.5. The van der Waals surface area contributed by atoms with Crippen molar-refractivity contribution in [3.8, 4) is 11.5 Å². The molecule has 5 nitrogen and oxygen atoms in total. The molecular formula is C26H34ClNO4. The first-order valence-electron chi connectivity index (χ1n) is 11.5. The van der Waals surface area contributed by atoms with Gasteiger partial charge in [0.25, 0.3) is 0 Å². The monoisotopic (exact) mass is 459 g/mol. The third kappa shape index (κ3) is 5.64. The molecule has 0 aliphatic carbocycles. The third-order valence-electron chi connectivity index (χ3n) is 6.43. The van der Waals surface area contributed by atoms with Crippen molar-refractivity contribution in [3.63, 3.8) is 0 Å². The quantitative estimate of drug-likeness (QED) is 0.352. The molecule has 3 rings (SSSR count). The number of para-hydroxylation sites is 2. The maximum Gasteiger partial charge on any atom is 0.209 e. The maximum atomic E-state index is 12.2. The highest BCUT2D eigenvalue weighted by molar-refractivity contribution is 6.32. The van der Waals surface area contributed by atoms with Crippen molar-refractivity contribution in [1.29, 1.82) is 0 Å². The first kappa shape index (κ1) is 24.6. The number of hydrogen-bond acceptors (Lipinski definition) is 4. The standard InChI is InChI=1S/C26H34ClNO4/c1-3-20-10-4-5-14-24(20)32-25-22(12-8-13-23(25)27)26(30,15-6-7-17-31-2)21-11-9-16-28(18-21)19-29/h4-5,8,10,12-14,19,21,30H,3,6-7,9,11,15-18H2,1-2H3/t21?,26-/m0/s1. The Bertz CT molecular complexity index is 890. The molecule has 1 saturated heterocycles. The number of carbonyl (C=O) groups is 1. The molecule has 2 aromatic rings. The highest BCUT2D eigenvalue weighted by Gasteiger charge is 2.42. The second kappa shape index (κ2) is 11.7. The number of methoxy groups -OCH3 is 1. The first-order valence-corrected chi connectivity index (χ1v) is 11.9. The minimum absolute atomic E-state index is 0.105. The van der Waals surface area contributed by atoms with Gasteiger partial charge in [-0.3, -0.25) is 4.79 Å². The summed E-state index contributed by atoms with van der Waals surface area (Å²) in [6, 6.07) is 13.4. The molecule has 174 valence electrons. The van der Waals surface area contributed by atoms with Crippen LogP contribution in [0.5, 0.6) is 11.5 Å². The summed E-state index contributed by atoms with van der Waals surface area (Å²) in [5.74, 6) is 1.13. The van der Waals surface area contributed by atoms with Crippen LogP contribution < -0.4 is 4.74 Å². The molecule has 0 bridgehead atoms. The highest BCUT2D eigenvalue weighted by atomic mass is 35.5. The SMILES string of the molecule is CCc1ccccc1Oc1c(Cl)cccc1[C@](O)(CCCCOC)C1CCCN(C=O)C1. The summed E-state index contributed by atoms with van der Waals surface area (Å²) < 4.78 is 11.6. The van der Waals surface area contributed by atoms with E-state index in [2.05, 4.69) is 6.92 Å². The van der Waals surface area contributed by atoms with Gasteiger partial charge in [-0.1, -0.05) is 48.9 Å². The molecule has 2 aromatic carbocycles. The number of piperidine rings is 1. The Labute approximate surface area is 196 Å². The zero-order valence-corrected chi connectivity index (χ0v) is 19.8. The Balaban J connectivity index is 2.01. The molecular weight excluding hydrogens is 426 g/mol. The van der Waals surface area contributed by atoms with Gasteiger partial charge < -0.3 is 19.5 Å². The molecule has 1 aliphatic rings. The molecule has 1 amide bonds. The molecule has 1 N–H and O–H groups in total. The number of unbranched alkanes of at least 4 members (excludes halogenated alkanes) is 1. The van der Waals surface area contributed by atoms with Gasteiger partial charge >= 0.3 is 0 Å². The fourth-order valence-electron chi connectivity index (χ4n) is 4.65. The van der Waals surface area contributed by atoms with Gasteiger partial charge in [0.15, 0.2) is 5.75 Å². The predicted octanol–water partition coefficient (Wildman–Crippen LogP) is 5.57. The zero-order valence-electron chi connectivity index (χ0n) is 19.1. The highest BCUT2D eigenvalue weighted by Crippen LogP contribution is 2.46.